The van der Waals surface area contributed by atoms with Crippen LogP contribution in [0.1, 0.15) is 44.0 Å². The lowest BCUT2D eigenvalue weighted by Crippen LogP contribution is -2.34. The fourth-order valence-corrected chi connectivity index (χ4v) is 2.87. The van der Waals surface area contributed by atoms with Gasteiger partial charge in [0.1, 0.15) is 5.82 Å². The van der Waals surface area contributed by atoms with Crippen LogP contribution >= 0.6 is 12.4 Å². The van der Waals surface area contributed by atoms with Gasteiger partial charge in [-0.2, -0.15) is 0 Å². The maximum atomic E-state index is 14.2. The summed E-state index contributed by atoms with van der Waals surface area (Å²) in [6, 6.07) is 4.18. The van der Waals surface area contributed by atoms with E-state index >= 15 is 0 Å². The van der Waals surface area contributed by atoms with Crippen LogP contribution in [0, 0.1) is 17.2 Å². The van der Waals surface area contributed by atoms with Crippen molar-refractivity contribution in [3.63, 3.8) is 0 Å². The number of carbonyl (C=O) groups excluding carboxylic acids is 2. The van der Waals surface area contributed by atoms with Gasteiger partial charge < -0.3 is 16.0 Å². The number of nitrogens with zero attached hydrogens (tertiary/aromatic N) is 1. The zero-order valence-corrected chi connectivity index (χ0v) is 15.8. The molecule has 140 valence electrons. The number of rotatable bonds is 5. The summed E-state index contributed by atoms with van der Waals surface area (Å²) in [6.45, 7) is 7.61. The Balaban J connectivity index is 0.00000312. The van der Waals surface area contributed by atoms with Crippen molar-refractivity contribution in [1.82, 2.24) is 4.90 Å². The molecule has 25 heavy (non-hydrogen) atoms. The van der Waals surface area contributed by atoms with Crippen molar-refractivity contribution < 1.29 is 14.0 Å². The maximum Gasteiger partial charge on any atom is 0.253 e. The molecule has 0 aromatic heterocycles. The lowest BCUT2D eigenvalue weighted by molar-refractivity contribution is -0.116. The fraction of sp³-hybridized carbons (Fsp3) is 0.556. The van der Waals surface area contributed by atoms with Gasteiger partial charge in [0.05, 0.1) is 5.69 Å². The Bertz CT molecular complexity index is 639. The summed E-state index contributed by atoms with van der Waals surface area (Å²) < 4.78 is 14.2. The first-order chi connectivity index (χ1) is 11.2. The van der Waals surface area contributed by atoms with Crippen molar-refractivity contribution in [3.8, 4) is 0 Å². The van der Waals surface area contributed by atoms with Crippen molar-refractivity contribution in [3.05, 3.63) is 29.6 Å². The highest BCUT2D eigenvalue weighted by Gasteiger charge is 2.35. The van der Waals surface area contributed by atoms with Crippen molar-refractivity contribution in [2.75, 3.05) is 25.0 Å². The van der Waals surface area contributed by atoms with Gasteiger partial charge in [-0.3, -0.25) is 9.59 Å². The molecule has 0 saturated carbocycles. The van der Waals surface area contributed by atoms with Gasteiger partial charge in [-0.05, 0) is 42.5 Å². The van der Waals surface area contributed by atoms with Crippen LogP contribution in [-0.4, -0.2) is 36.3 Å². The number of carbonyl (C=O) groups is 2. The number of hydrogen-bond donors (Lipinski definition) is 2. The van der Waals surface area contributed by atoms with E-state index in [0.29, 0.717) is 26.1 Å². The van der Waals surface area contributed by atoms with Crippen LogP contribution in [0.25, 0.3) is 0 Å². The summed E-state index contributed by atoms with van der Waals surface area (Å²) in [7, 11) is 0. The molecule has 1 unspecified atom stereocenters. The van der Waals surface area contributed by atoms with Gasteiger partial charge in [0.15, 0.2) is 0 Å². The quantitative estimate of drug-likeness (QED) is 0.835. The van der Waals surface area contributed by atoms with Gasteiger partial charge in [-0.1, -0.05) is 20.8 Å². The number of halogens is 2. The Morgan fingerprint density at radius 1 is 1.40 bits per heavy atom. The number of nitrogens with one attached hydrogen (secondary N) is 1. The van der Waals surface area contributed by atoms with Gasteiger partial charge in [0.2, 0.25) is 5.91 Å². The van der Waals surface area contributed by atoms with E-state index in [1.807, 2.05) is 20.8 Å². The highest BCUT2D eigenvalue weighted by atomic mass is 35.5. The Morgan fingerprint density at radius 3 is 2.60 bits per heavy atom. The van der Waals surface area contributed by atoms with Crippen molar-refractivity contribution in [2.24, 2.45) is 17.1 Å². The third-order valence-corrected chi connectivity index (χ3v) is 4.42. The number of likely N-dealkylation sites (tertiary alicyclic amines) is 1. The number of nitrogens with two attached hydrogens (primary N) is 1. The smallest absolute Gasteiger partial charge is 0.253 e. The van der Waals surface area contributed by atoms with Crippen LogP contribution in [0.3, 0.4) is 0 Å². The first-order valence-corrected chi connectivity index (χ1v) is 8.33. The van der Waals surface area contributed by atoms with E-state index in [1.165, 1.54) is 12.1 Å². The van der Waals surface area contributed by atoms with Gasteiger partial charge in [-0.15, -0.1) is 12.4 Å². The van der Waals surface area contributed by atoms with E-state index in [2.05, 4.69) is 5.32 Å². The molecule has 2 amide bonds. The largest absolute Gasteiger partial charge is 0.338 e. The standard InChI is InChI=1S/C18H26FN3O2.ClH/c1-12(2)8-16(23)21-15-5-4-13(9-14(15)19)17(24)22-7-6-18(3,10-20)11-22;/h4-5,9,12H,6-8,10-11,20H2,1-3H3,(H,21,23);1H. The van der Waals surface area contributed by atoms with Crippen molar-refractivity contribution >= 4 is 29.9 Å². The molecule has 1 heterocycles. The molecule has 1 saturated heterocycles. The second-order valence-electron chi connectivity index (χ2n) is 7.33. The summed E-state index contributed by atoms with van der Waals surface area (Å²) in [5.74, 6) is -0.841. The number of hydrogen-bond acceptors (Lipinski definition) is 3. The first kappa shape index (κ1) is 21.4. The fourth-order valence-electron chi connectivity index (χ4n) is 2.87. The van der Waals surface area contributed by atoms with E-state index in [9.17, 15) is 14.0 Å². The minimum atomic E-state index is -0.598. The minimum Gasteiger partial charge on any atom is -0.338 e. The Morgan fingerprint density at radius 2 is 2.08 bits per heavy atom. The topological polar surface area (TPSA) is 75.4 Å². The Kier molecular flexibility index (Phi) is 7.38. The van der Waals surface area contributed by atoms with Crippen LogP contribution in [0.2, 0.25) is 0 Å². The van der Waals surface area contributed by atoms with E-state index in [-0.39, 0.29) is 46.8 Å². The molecule has 7 heteroatoms. The molecule has 0 radical (unpaired) electrons. The second kappa shape index (κ2) is 8.63. The molecule has 3 N–H and O–H groups in total. The molecule has 5 nitrogen and oxygen atoms in total. The summed E-state index contributed by atoms with van der Waals surface area (Å²) in [6.07, 6.45) is 1.17. The predicted octanol–water partition coefficient (Wildman–Crippen LogP) is 3.04. The summed E-state index contributed by atoms with van der Waals surface area (Å²) in [5.41, 5.74) is 6.08. The van der Waals surface area contributed by atoms with Crippen LogP contribution in [-0.2, 0) is 4.79 Å². The first-order valence-electron chi connectivity index (χ1n) is 8.33. The average Bonchev–Trinajstić information content (AvgIpc) is 2.91. The van der Waals surface area contributed by atoms with E-state index in [1.54, 1.807) is 11.0 Å². The average molecular weight is 372 g/mol. The highest BCUT2D eigenvalue weighted by molar-refractivity contribution is 5.96. The Labute approximate surface area is 154 Å². The molecule has 0 spiro atoms. The minimum absolute atomic E-state index is 0. The molecule has 1 aromatic rings. The van der Waals surface area contributed by atoms with E-state index < -0.39 is 5.82 Å². The maximum absolute atomic E-state index is 14.2. The molecular weight excluding hydrogens is 345 g/mol. The molecule has 0 aliphatic carbocycles. The lowest BCUT2D eigenvalue weighted by atomic mass is 9.90. The van der Waals surface area contributed by atoms with Gasteiger partial charge >= 0.3 is 0 Å². The molecule has 1 atom stereocenters. The molecule has 1 aliphatic heterocycles. The number of amides is 2. The van der Waals surface area contributed by atoms with Gasteiger partial charge in [0.25, 0.3) is 5.91 Å². The normalized spacial score (nSPS) is 19.7. The molecule has 2 rings (SSSR count). The third-order valence-electron chi connectivity index (χ3n) is 4.42. The molecule has 1 aliphatic rings. The monoisotopic (exact) mass is 371 g/mol. The SMILES string of the molecule is CC(C)CC(=O)Nc1ccc(C(=O)N2CCC(C)(CN)C2)cc1F.Cl. The predicted molar refractivity (Wildman–Crippen MR) is 99.4 cm³/mol. The summed E-state index contributed by atoms with van der Waals surface area (Å²) in [5, 5.41) is 2.54. The third kappa shape index (κ3) is 5.41. The van der Waals surface area contributed by atoms with Gasteiger partial charge in [-0.25, -0.2) is 4.39 Å². The van der Waals surface area contributed by atoms with Crippen LogP contribution < -0.4 is 11.1 Å². The molecule has 1 fully saturated rings. The molecule has 0 bridgehead atoms. The van der Waals surface area contributed by atoms with Crippen LogP contribution in [0.4, 0.5) is 10.1 Å². The highest BCUT2D eigenvalue weighted by Crippen LogP contribution is 2.30. The molecular formula is C18H27ClFN3O2. The zero-order chi connectivity index (χ0) is 17.9. The van der Waals surface area contributed by atoms with E-state index in [4.69, 9.17) is 5.73 Å². The number of benzene rings is 1. The van der Waals surface area contributed by atoms with Crippen molar-refractivity contribution in [1.29, 1.82) is 0 Å². The van der Waals surface area contributed by atoms with Crippen LogP contribution in [0.15, 0.2) is 18.2 Å². The Hall–Kier alpha value is -1.66. The van der Waals surface area contributed by atoms with E-state index in [0.717, 1.165) is 6.42 Å². The summed E-state index contributed by atoms with van der Waals surface area (Å²) in [4.78, 5) is 26.0. The second-order valence-corrected chi connectivity index (χ2v) is 7.33. The lowest BCUT2D eigenvalue weighted by Gasteiger charge is -2.22. The van der Waals surface area contributed by atoms with Crippen LogP contribution in [0.5, 0.6) is 0 Å². The van der Waals surface area contributed by atoms with Gasteiger partial charge in [0, 0.05) is 25.1 Å². The zero-order valence-electron chi connectivity index (χ0n) is 15.0. The number of anilines is 1. The molecule has 1 aromatic carbocycles. The van der Waals surface area contributed by atoms with Crippen molar-refractivity contribution in [2.45, 2.75) is 33.6 Å². The summed E-state index contributed by atoms with van der Waals surface area (Å²) >= 11 is 0.